The second-order valence-electron chi connectivity index (χ2n) is 5.81. The molecule has 4 heterocycles. The zero-order valence-corrected chi connectivity index (χ0v) is 13.6. The summed E-state index contributed by atoms with van der Waals surface area (Å²) in [5, 5.41) is 13.4. The van der Waals surface area contributed by atoms with E-state index in [4.69, 9.17) is 13.7 Å². The van der Waals surface area contributed by atoms with Crippen LogP contribution in [0.1, 0.15) is 46.9 Å². The molecule has 1 unspecified atom stereocenters. The van der Waals surface area contributed by atoms with Crippen LogP contribution in [0.5, 0.6) is 0 Å². The Morgan fingerprint density at radius 1 is 1.44 bits per heavy atom. The van der Waals surface area contributed by atoms with Gasteiger partial charge in [0.05, 0.1) is 6.54 Å². The van der Waals surface area contributed by atoms with Crippen LogP contribution >= 0.6 is 0 Å². The van der Waals surface area contributed by atoms with Gasteiger partial charge in [0.1, 0.15) is 17.6 Å². The van der Waals surface area contributed by atoms with Crippen molar-refractivity contribution in [3.63, 3.8) is 0 Å². The molecule has 0 radical (unpaired) electrons. The Kier molecular flexibility index (Phi) is 4.06. The SMILES string of the molecule is Cc1ccc(-c2cc(C(=O)NCc3noc(C4CCCO4)n3)n[nH]2)o1. The lowest BCUT2D eigenvalue weighted by atomic mass is 10.2. The molecule has 1 aliphatic rings. The van der Waals surface area contributed by atoms with Gasteiger partial charge in [-0.2, -0.15) is 10.1 Å². The van der Waals surface area contributed by atoms with Gasteiger partial charge < -0.3 is 19.0 Å². The summed E-state index contributed by atoms with van der Waals surface area (Å²) in [7, 11) is 0. The first-order valence-electron chi connectivity index (χ1n) is 8.03. The molecule has 0 spiro atoms. The standard InChI is InChI=1S/C16H17N5O4/c1-9-4-5-12(24-9)10-7-11(20-19-10)15(22)17-8-14-18-16(25-21-14)13-3-2-6-23-13/h4-5,7,13H,2-3,6,8H2,1H3,(H,17,22)(H,19,20). The maximum Gasteiger partial charge on any atom is 0.272 e. The van der Waals surface area contributed by atoms with Gasteiger partial charge >= 0.3 is 0 Å². The average molecular weight is 343 g/mol. The minimum atomic E-state index is -0.339. The molecule has 1 aliphatic heterocycles. The highest BCUT2D eigenvalue weighted by Gasteiger charge is 2.24. The summed E-state index contributed by atoms with van der Waals surface area (Å²) < 4.78 is 16.2. The number of furan rings is 1. The summed E-state index contributed by atoms with van der Waals surface area (Å²) >= 11 is 0. The molecule has 1 saturated heterocycles. The maximum atomic E-state index is 12.2. The first-order valence-corrected chi connectivity index (χ1v) is 8.03. The van der Waals surface area contributed by atoms with Gasteiger partial charge in [0.25, 0.3) is 11.8 Å². The Morgan fingerprint density at radius 3 is 3.12 bits per heavy atom. The summed E-state index contributed by atoms with van der Waals surface area (Å²) in [6.07, 6.45) is 1.72. The number of rotatable bonds is 5. The van der Waals surface area contributed by atoms with Gasteiger partial charge in [-0.15, -0.1) is 0 Å². The summed E-state index contributed by atoms with van der Waals surface area (Å²) in [6.45, 7) is 2.70. The molecular weight excluding hydrogens is 326 g/mol. The van der Waals surface area contributed by atoms with Gasteiger partial charge in [0.2, 0.25) is 0 Å². The lowest BCUT2D eigenvalue weighted by Crippen LogP contribution is -2.23. The van der Waals surface area contributed by atoms with Crippen molar-refractivity contribution < 1.29 is 18.5 Å². The van der Waals surface area contributed by atoms with Crippen LogP contribution in [0.3, 0.4) is 0 Å². The van der Waals surface area contributed by atoms with E-state index in [1.165, 1.54) is 0 Å². The van der Waals surface area contributed by atoms with Crippen LogP contribution in [0.4, 0.5) is 0 Å². The number of H-pyrrole nitrogens is 1. The molecule has 25 heavy (non-hydrogen) atoms. The molecule has 9 heteroatoms. The highest BCUT2D eigenvalue weighted by atomic mass is 16.5. The zero-order chi connectivity index (χ0) is 17.2. The number of aryl methyl sites for hydroxylation is 1. The van der Waals surface area contributed by atoms with E-state index in [-0.39, 0.29) is 24.2 Å². The van der Waals surface area contributed by atoms with Crippen LogP contribution in [0, 0.1) is 6.92 Å². The molecule has 0 bridgehead atoms. The fourth-order valence-electron chi connectivity index (χ4n) is 2.64. The first-order chi connectivity index (χ1) is 12.2. The molecule has 3 aromatic heterocycles. The third-order valence-corrected chi connectivity index (χ3v) is 3.91. The van der Waals surface area contributed by atoms with Crippen molar-refractivity contribution in [3.05, 3.63) is 41.4 Å². The van der Waals surface area contributed by atoms with Crippen LogP contribution in [0.25, 0.3) is 11.5 Å². The Bertz CT molecular complexity index is 875. The Hall–Kier alpha value is -2.94. The van der Waals surface area contributed by atoms with E-state index in [0.717, 1.165) is 18.6 Å². The average Bonchev–Trinajstić information content (AvgIpc) is 3.38. The Balaban J connectivity index is 1.37. The molecule has 1 atom stereocenters. The topological polar surface area (TPSA) is 119 Å². The van der Waals surface area contributed by atoms with Gasteiger partial charge in [0.15, 0.2) is 17.3 Å². The molecule has 1 amide bonds. The van der Waals surface area contributed by atoms with Gasteiger partial charge in [-0.3, -0.25) is 9.89 Å². The van der Waals surface area contributed by atoms with Crippen LogP contribution in [-0.4, -0.2) is 32.9 Å². The number of nitrogens with zero attached hydrogens (tertiary/aromatic N) is 3. The number of hydrogen-bond acceptors (Lipinski definition) is 7. The van der Waals surface area contributed by atoms with Crippen LogP contribution in [0.2, 0.25) is 0 Å². The molecule has 2 N–H and O–H groups in total. The van der Waals surface area contributed by atoms with Crippen molar-refractivity contribution in [1.82, 2.24) is 25.7 Å². The van der Waals surface area contributed by atoms with Crippen molar-refractivity contribution in [2.45, 2.75) is 32.4 Å². The monoisotopic (exact) mass is 343 g/mol. The Morgan fingerprint density at radius 2 is 2.36 bits per heavy atom. The molecular formula is C16H17N5O4. The summed E-state index contributed by atoms with van der Waals surface area (Å²) in [5.74, 6) is 1.93. The van der Waals surface area contributed by atoms with Gasteiger partial charge in [-0.05, 0) is 31.9 Å². The van der Waals surface area contributed by atoms with E-state index in [9.17, 15) is 4.79 Å². The van der Waals surface area contributed by atoms with E-state index in [1.54, 1.807) is 6.07 Å². The normalized spacial score (nSPS) is 17.1. The number of hydrogen-bond donors (Lipinski definition) is 2. The summed E-state index contributed by atoms with van der Waals surface area (Å²) in [5.41, 5.74) is 0.894. The van der Waals surface area contributed by atoms with E-state index in [0.29, 0.717) is 29.8 Å². The van der Waals surface area contributed by atoms with Crippen molar-refractivity contribution in [2.75, 3.05) is 6.61 Å². The van der Waals surface area contributed by atoms with Crippen molar-refractivity contribution in [2.24, 2.45) is 0 Å². The third kappa shape index (κ3) is 3.31. The second-order valence-corrected chi connectivity index (χ2v) is 5.81. The lowest BCUT2D eigenvalue weighted by molar-refractivity contribution is 0.0835. The molecule has 0 aromatic carbocycles. The van der Waals surface area contributed by atoms with Crippen LogP contribution in [-0.2, 0) is 11.3 Å². The quantitative estimate of drug-likeness (QED) is 0.728. The maximum absolute atomic E-state index is 12.2. The van der Waals surface area contributed by atoms with Gasteiger partial charge in [-0.25, -0.2) is 0 Å². The number of ether oxygens (including phenoxy) is 1. The zero-order valence-electron chi connectivity index (χ0n) is 13.6. The number of nitrogens with one attached hydrogen (secondary N) is 2. The van der Waals surface area contributed by atoms with E-state index >= 15 is 0 Å². The minimum absolute atomic E-state index is 0.136. The predicted octanol–water partition coefficient (Wildman–Crippen LogP) is 2.14. The first kappa shape index (κ1) is 15.6. The van der Waals surface area contributed by atoms with Crippen LogP contribution < -0.4 is 5.32 Å². The van der Waals surface area contributed by atoms with Crippen molar-refractivity contribution in [1.29, 1.82) is 0 Å². The van der Waals surface area contributed by atoms with Gasteiger partial charge in [0, 0.05) is 12.7 Å². The number of carbonyl (C=O) groups is 1. The van der Waals surface area contributed by atoms with E-state index in [1.807, 2.05) is 19.1 Å². The third-order valence-electron chi connectivity index (χ3n) is 3.91. The van der Waals surface area contributed by atoms with Crippen LogP contribution in [0.15, 0.2) is 27.1 Å². The fraction of sp³-hybridized carbons (Fsp3) is 0.375. The van der Waals surface area contributed by atoms with Gasteiger partial charge in [-0.1, -0.05) is 5.16 Å². The minimum Gasteiger partial charge on any atom is -0.460 e. The largest absolute Gasteiger partial charge is 0.460 e. The van der Waals surface area contributed by atoms with Crippen molar-refractivity contribution >= 4 is 5.91 Å². The number of aromatic amines is 1. The molecule has 0 aliphatic carbocycles. The molecule has 9 nitrogen and oxygen atoms in total. The summed E-state index contributed by atoms with van der Waals surface area (Å²) in [4.78, 5) is 16.4. The second kappa shape index (κ2) is 6.52. The smallest absolute Gasteiger partial charge is 0.272 e. The highest BCUT2D eigenvalue weighted by molar-refractivity contribution is 5.93. The lowest BCUT2D eigenvalue weighted by Gasteiger charge is -2.00. The van der Waals surface area contributed by atoms with Crippen molar-refractivity contribution in [3.8, 4) is 11.5 Å². The molecule has 130 valence electrons. The fourth-order valence-corrected chi connectivity index (χ4v) is 2.64. The number of amides is 1. The molecule has 4 rings (SSSR count). The molecule has 1 fully saturated rings. The van der Waals surface area contributed by atoms with E-state index in [2.05, 4.69) is 25.7 Å². The molecule has 3 aromatic rings. The predicted molar refractivity (Wildman–Crippen MR) is 84.4 cm³/mol. The number of aromatic nitrogens is 4. The Labute approximate surface area is 142 Å². The number of carbonyl (C=O) groups excluding carboxylic acids is 1. The highest BCUT2D eigenvalue weighted by Crippen LogP contribution is 2.26. The molecule has 0 saturated carbocycles. The van der Waals surface area contributed by atoms with E-state index < -0.39 is 0 Å². The summed E-state index contributed by atoms with van der Waals surface area (Å²) in [6, 6.07) is 5.29.